The normalized spacial score (nSPS) is 11.3. The fourth-order valence-corrected chi connectivity index (χ4v) is 4.13. The van der Waals surface area contributed by atoms with Gasteiger partial charge in [0.2, 0.25) is 0 Å². The number of benzene rings is 3. The van der Waals surface area contributed by atoms with Crippen LogP contribution in [0.4, 0.5) is 0 Å². The van der Waals surface area contributed by atoms with Gasteiger partial charge in [0, 0.05) is 10.9 Å². The highest BCUT2D eigenvalue weighted by Gasteiger charge is 2.11. The zero-order valence-corrected chi connectivity index (χ0v) is 22.2. The zero-order chi connectivity index (χ0) is 24.9. The Labute approximate surface area is 221 Å². The second-order valence-electron chi connectivity index (χ2n) is 7.58. The molecule has 0 aliphatic rings. The van der Waals surface area contributed by atoms with E-state index in [2.05, 4.69) is 26.0 Å². The van der Waals surface area contributed by atoms with E-state index in [1.54, 1.807) is 24.4 Å². The number of hydrogen-bond donors (Lipinski definition) is 0. The lowest BCUT2D eigenvalue weighted by molar-refractivity contribution is 0.269. The number of nitrogens with zero attached hydrogens (tertiary/aromatic N) is 3. The smallest absolute Gasteiger partial charge is 0.282 e. The molecule has 0 N–H and O–H groups in total. The molecule has 4 rings (SSSR count). The third kappa shape index (κ3) is 5.86. The summed E-state index contributed by atoms with van der Waals surface area (Å²) in [5.41, 5.74) is 2.05. The van der Waals surface area contributed by atoms with Crippen LogP contribution < -0.4 is 15.0 Å². The van der Waals surface area contributed by atoms with E-state index < -0.39 is 0 Å². The van der Waals surface area contributed by atoms with Crippen molar-refractivity contribution < 1.29 is 9.47 Å². The summed E-state index contributed by atoms with van der Waals surface area (Å²) >= 11 is 15.5. The summed E-state index contributed by atoms with van der Waals surface area (Å²) < 4.78 is 13.9. The number of aryl methyl sites for hydroxylation is 1. The lowest BCUT2D eigenvalue weighted by atomic mass is 10.2. The molecule has 35 heavy (non-hydrogen) atoms. The standard InChI is InChI=1S/C26H22BrCl2N3O3/c1-3-25-31-22-9-7-18(27)13-19(22)26(33)32(25)30-14-16-6-10-23(24(12-16)34-4-2)35-15-17-5-8-20(28)21(29)11-17/h5-14H,3-4,15H2,1-2H3. The average molecular weight is 575 g/mol. The first-order valence-electron chi connectivity index (χ1n) is 11.0. The van der Waals surface area contributed by atoms with Crippen LogP contribution in [0, 0.1) is 0 Å². The molecule has 0 aliphatic heterocycles. The Morgan fingerprint density at radius 2 is 1.83 bits per heavy atom. The molecule has 9 heteroatoms. The number of halogens is 3. The molecule has 0 spiro atoms. The molecular weight excluding hydrogens is 553 g/mol. The van der Waals surface area contributed by atoms with Crippen molar-refractivity contribution in [3.63, 3.8) is 0 Å². The van der Waals surface area contributed by atoms with E-state index in [0.717, 1.165) is 15.6 Å². The second kappa shape index (κ2) is 11.2. The Morgan fingerprint density at radius 3 is 2.57 bits per heavy atom. The van der Waals surface area contributed by atoms with Crippen LogP contribution in [0.2, 0.25) is 10.0 Å². The van der Waals surface area contributed by atoms with E-state index in [0.29, 0.717) is 57.9 Å². The first-order valence-corrected chi connectivity index (χ1v) is 12.5. The summed E-state index contributed by atoms with van der Waals surface area (Å²) in [6.45, 7) is 4.60. The van der Waals surface area contributed by atoms with Crippen molar-refractivity contribution in [3.05, 3.63) is 96.4 Å². The van der Waals surface area contributed by atoms with Gasteiger partial charge in [-0.3, -0.25) is 4.79 Å². The number of fused-ring (bicyclic) bond motifs is 1. The Morgan fingerprint density at radius 1 is 1.00 bits per heavy atom. The summed E-state index contributed by atoms with van der Waals surface area (Å²) in [5.74, 6) is 1.73. The van der Waals surface area contributed by atoms with E-state index in [1.165, 1.54) is 4.68 Å². The van der Waals surface area contributed by atoms with Gasteiger partial charge in [-0.1, -0.05) is 52.1 Å². The molecule has 0 amide bonds. The van der Waals surface area contributed by atoms with Gasteiger partial charge in [-0.25, -0.2) is 4.98 Å². The Balaban J connectivity index is 1.62. The van der Waals surface area contributed by atoms with Crippen molar-refractivity contribution in [1.29, 1.82) is 0 Å². The van der Waals surface area contributed by atoms with Crippen molar-refractivity contribution in [1.82, 2.24) is 9.66 Å². The number of rotatable bonds is 8. The molecule has 4 aromatic rings. The highest BCUT2D eigenvalue weighted by atomic mass is 79.9. The molecule has 0 atom stereocenters. The van der Waals surface area contributed by atoms with E-state index in [4.69, 9.17) is 32.7 Å². The van der Waals surface area contributed by atoms with Gasteiger partial charge in [0.25, 0.3) is 5.56 Å². The van der Waals surface area contributed by atoms with E-state index in [1.807, 2.05) is 50.2 Å². The molecule has 6 nitrogen and oxygen atoms in total. The SMILES string of the molecule is CCOc1cc(C=Nn2c(CC)nc3ccc(Br)cc3c2=O)ccc1OCc1ccc(Cl)c(Cl)c1. The molecule has 0 saturated carbocycles. The number of aromatic nitrogens is 2. The fraction of sp³-hybridized carbons (Fsp3) is 0.192. The molecule has 1 aromatic heterocycles. The largest absolute Gasteiger partial charge is 0.490 e. The van der Waals surface area contributed by atoms with Crippen molar-refractivity contribution in [3.8, 4) is 11.5 Å². The number of ether oxygens (including phenoxy) is 2. The molecular formula is C26H22BrCl2N3O3. The third-order valence-electron chi connectivity index (χ3n) is 5.16. The lowest BCUT2D eigenvalue weighted by Gasteiger charge is -2.13. The molecule has 1 heterocycles. The van der Waals surface area contributed by atoms with Crippen LogP contribution in [0.1, 0.15) is 30.8 Å². The van der Waals surface area contributed by atoms with Gasteiger partial charge in [0.05, 0.1) is 33.8 Å². The first-order chi connectivity index (χ1) is 16.9. The van der Waals surface area contributed by atoms with Gasteiger partial charge in [-0.2, -0.15) is 9.78 Å². The van der Waals surface area contributed by atoms with Crippen molar-refractivity contribution in [2.24, 2.45) is 5.10 Å². The maximum atomic E-state index is 13.1. The van der Waals surface area contributed by atoms with Crippen LogP contribution >= 0.6 is 39.1 Å². The molecule has 0 bridgehead atoms. The highest BCUT2D eigenvalue weighted by Crippen LogP contribution is 2.30. The fourth-order valence-electron chi connectivity index (χ4n) is 3.45. The van der Waals surface area contributed by atoms with Crippen LogP contribution in [-0.4, -0.2) is 22.5 Å². The highest BCUT2D eigenvalue weighted by molar-refractivity contribution is 9.10. The topological polar surface area (TPSA) is 65.7 Å². The van der Waals surface area contributed by atoms with E-state index in [9.17, 15) is 4.79 Å². The number of hydrogen-bond acceptors (Lipinski definition) is 5. The van der Waals surface area contributed by atoms with E-state index >= 15 is 0 Å². The van der Waals surface area contributed by atoms with Gasteiger partial charge in [-0.15, -0.1) is 0 Å². The zero-order valence-electron chi connectivity index (χ0n) is 19.1. The van der Waals surface area contributed by atoms with Crippen LogP contribution in [0.3, 0.4) is 0 Å². The maximum absolute atomic E-state index is 13.1. The monoisotopic (exact) mass is 573 g/mol. The summed E-state index contributed by atoms with van der Waals surface area (Å²) in [6, 6.07) is 16.3. The molecule has 180 valence electrons. The van der Waals surface area contributed by atoms with Crippen LogP contribution in [0.5, 0.6) is 11.5 Å². The Bertz CT molecular complexity index is 1470. The molecule has 0 aliphatic carbocycles. The van der Waals surface area contributed by atoms with Gasteiger partial charge < -0.3 is 9.47 Å². The van der Waals surface area contributed by atoms with Crippen LogP contribution in [0.25, 0.3) is 10.9 Å². The van der Waals surface area contributed by atoms with Gasteiger partial charge in [-0.05, 0) is 66.6 Å². The maximum Gasteiger partial charge on any atom is 0.282 e. The van der Waals surface area contributed by atoms with Gasteiger partial charge >= 0.3 is 0 Å². The minimum Gasteiger partial charge on any atom is -0.490 e. The minimum absolute atomic E-state index is 0.226. The average Bonchev–Trinajstić information content (AvgIpc) is 2.85. The molecule has 0 saturated heterocycles. The van der Waals surface area contributed by atoms with Gasteiger partial charge in [0.15, 0.2) is 11.5 Å². The Kier molecular flexibility index (Phi) is 8.11. The molecule has 0 unspecified atom stereocenters. The second-order valence-corrected chi connectivity index (χ2v) is 9.31. The first kappa shape index (κ1) is 25.2. The van der Waals surface area contributed by atoms with Crippen molar-refractivity contribution in [2.45, 2.75) is 26.9 Å². The molecule has 0 radical (unpaired) electrons. The summed E-state index contributed by atoms with van der Waals surface area (Å²) in [4.78, 5) is 17.7. The summed E-state index contributed by atoms with van der Waals surface area (Å²) in [6.07, 6.45) is 2.17. The minimum atomic E-state index is -0.226. The predicted octanol–water partition coefficient (Wildman–Crippen LogP) is 6.89. The molecule has 3 aromatic carbocycles. The Hall–Kier alpha value is -2.87. The quantitative estimate of drug-likeness (QED) is 0.215. The third-order valence-corrected chi connectivity index (χ3v) is 6.39. The van der Waals surface area contributed by atoms with Crippen molar-refractivity contribution >= 4 is 56.2 Å². The van der Waals surface area contributed by atoms with Crippen LogP contribution in [-0.2, 0) is 13.0 Å². The molecule has 0 fully saturated rings. The van der Waals surface area contributed by atoms with Gasteiger partial charge in [0.1, 0.15) is 12.4 Å². The summed E-state index contributed by atoms with van der Waals surface area (Å²) in [5, 5.41) is 5.91. The summed E-state index contributed by atoms with van der Waals surface area (Å²) in [7, 11) is 0. The van der Waals surface area contributed by atoms with E-state index in [-0.39, 0.29) is 5.56 Å². The predicted molar refractivity (Wildman–Crippen MR) is 144 cm³/mol. The lowest BCUT2D eigenvalue weighted by Crippen LogP contribution is -2.22. The van der Waals surface area contributed by atoms with Crippen LogP contribution in [0.15, 0.2) is 69.0 Å². The van der Waals surface area contributed by atoms with Crippen molar-refractivity contribution in [2.75, 3.05) is 6.61 Å².